The van der Waals surface area contributed by atoms with Crippen LogP contribution in [0, 0.1) is 5.41 Å². The van der Waals surface area contributed by atoms with E-state index in [-0.39, 0.29) is 0 Å². The van der Waals surface area contributed by atoms with Crippen LogP contribution in [0.5, 0.6) is 0 Å². The average molecular weight is 212 g/mol. The van der Waals surface area contributed by atoms with Gasteiger partial charge in [-0.25, -0.2) is 0 Å². The van der Waals surface area contributed by atoms with Crippen molar-refractivity contribution in [3.63, 3.8) is 0 Å². The maximum Gasteiger partial charge on any atom is 0.0144 e. The monoisotopic (exact) mass is 212 g/mol. The molecule has 1 rings (SSSR count). The first kappa shape index (κ1) is 13.0. The van der Waals surface area contributed by atoms with E-state index in [9.17, 15) is 0 Å². The lowest BCUT2D eigenvalue weighted by Crippen LogP contribution is -2.44. The number of hydrogen-bond donors (Lipinski definition) is 1. The minimum atomic E-state index is 0.416. The first-order valence-electron chi connectivity index (χ1n) is 6.50. The third-order valence-corrected chi connectivity index (χ3v) is 3.51. The quantitative estimate of drug-likeness (QED) is 0.779. The van der Waals surface area contributed by atoms with Crippen molar-refractivity contribution in [2.45, 2.75) is 58.9 Å². The van der Waals surface area contributed by atoms with Gasteiger partial charge < -0.3 is 5.73 Å². The third kappa shape index (κ3) is 4.12. The Bertz CT molecular complexity index is 172. The van der Waals surface area contributed by atoms with Crippen molar-refractivity contribution in [1.82, 2.24) is 4.90 Å². The maximum absolute atomic E-state index is 5.61. The Morgan fingerprint density at radius 1 is 1.20 bits per heavy atom. The lowest BCUT2D eigenvalue weighted by atomic mass is 9.83. The summed E-state index contributed by atoms with van der Waals surface area (Å²) in [4.78, 5) is 2.68. The molecule has 0 spiro atoms. The van der Waals surface area contributed by atoms with E-state index in [0.717, 1.165) is 19.0 Å². The third-order valence-electron chi connectivity index (χ3n) is 3.51. The highest BCUT2D eigenvalue weighted by atomic mass is 15.2. The van der Waals surface area contributed by atoms with Gasteiger partial charge in [-0.15, -0.1) is 0 Å². The van der Waals surface area contributed by atoms with Crippen molar-refractivity contribution in [2.75, 3.05) is 19.6 Å². The molecular formula is C13H28N2. The van der Waals surface area contributed by atoms with Crippen LogP contribution in [0.15, 0.2) is 0 Å². The predicted molar refractivity (Wildman–Crippen MR) is 67.0 cm³/mol. The van der Waals surface area contributed by atoms with Crippen molar-refractivity contribution in [3.05, 3.63) is 0 Å². The van der Waals surface area contributed by atoms with E-state index < -0.39 is 0 Å². The molecule has 15 heavy (non-hydrogen) atoms. The fraction of sp³-hybridized carbons (Fsp3) is 1.00. The van der Waals surface area contributed by atoms with Gasteiger partial charge in [-0.3, -0.25) is 4.90 Å². The molecular weight excluding hydrogens is 184 g/mol. The van der Waals surface area contributed by atoms with Crippen molar-refractivity contribution < 1.29 is 0 Å². The SMILES string of the molecule is CC(C)(C)C1CCCCCN1CCCN. The number of likely N-dealkylation sites (tertiary alicyclic amines) is 1. The van der Waals surface area contributed by atoms with E-state index in [1.165, 1.54) is 38.8 Å². The number of nitrogens with two attached hydrogens (primary N) is 1. The van der Waals surface area contributed by atoms with Gasteiger partial charge in [0.1, 0.15) is 0 Å². The van der Waals surface area contributed by atoms with E-state index >= 15 is 0 Å². The number of rotatable bonds is 3. The molecule has 1 aliphatic rings. The Morgan fingerprint density at radius 2 is 1.93 bits per heavy atom. The first-order valence-corrected chi connectivity index (χ1v) is 6.50. The molecule has 0 aromatic heterocycles. The molecule has 0 saturated carbocycles. The van der Waals surface area contributed by atoms with Crippen LogP contribution in [-0.4, -0.2) is 30.6 Å². The second-order valence-corrected chi connectivity index (χ2v) is 5.91. The molecule has 0 amide bonds. The van der Waals surface area contributed by atoms with Crippen molar-refractivity contribution in [1.29, 1.82) is 0 Å². The Kier molecular flexibility index (Phi) is 5.07. The van der Waals surface area contributed by atoms with Crippen LogP contribution in [0.25, 0.3) is 0 Å². The molecule has 2 nitrogen and oxygen atoms in total. The second-order valence-electron chi connectivity index (χ2n) is 5.91. The van der Waals surface area contributed by atoms with Gasteiger partial charge in [0.15, 0.2) is 0 Å². The molecule has 0 radical (unpaired) electrons. The summed E-state index contributed by atoms with van der Waals surface area (Å²) >= 11 is 0. The second kappa shape index (κ2) is 5.86. The Morgan fingerprint density at radius 3 is 2.53 bits per heavy atom. The van der Waals surface area contributed by atoms with E-state index in [1.54, 1.807) is 0 Å². The summed E-state index contributed by atoms with van der Waals surface area (Å²) in [5.41, 5.74) is 6.03. The average Bonchev–Trinajstić information content (AvgIpc) is 2.38. The maximum atomic E-state index is 5.61. The topological polar surface area (TPSA) is 29.3 Å². The normalized spacial score (nSPS) is 25.2. The van der Waals surface area contributed by atoms with Gasteiger partial charge in [0.2, 0.25) is 0 Å². The molecule has 1 unspecified atom stereocenters. The smallest absolute Gasteiger partial charge is 0.0144 e. The largest absolute Gasteiger partial charge is 0.330 e. The zero-order valence-corrected chi connectivity index (χ0v) is 10.8. The zero-order valence-electron chi connectivity index (χ0n) is 10.8. The summed E-state index contributed by atoms with van der Waals surface area (Å²) in [6.45, 7) is 10.4. The summed E-state index contributed by atoms with van der Waals surface area (Å²) in [5, 5.41) is 0. The fourth-order valence-corrected chi connectivity index (χ4v) is 2.71. The van der Waals surface area contributed by atoms with Gasteiger partial charge >= 0.3 is 0 Å². The van der Waals surface area contributed by atoms with E-state index in [0.29, 0.717) is 5.41 Å². The molecule has 2 N–H and O–H groups in total. The summed E-state index contributed by atoms with van der Waals surface area (Å²) in [7, 11) is 0. The predicted octanol–water partition coefficient (Wildman–Crippen LogP) is 2.63. The molecule has 0 aromatic rings. The standard InChI is InChI=1S/C13H28N2/c1-13(2,3)12-8-5-4-6-10-15(12)11-7-9-14/h12H,4-11,14H2,1-3H3. The van der Waals surface area contributed by atoms with Gasteiger partial charge in [0.25, 0.3) is 0 Å². The van der Waals surface area contributed by atoms with Crippen LogP contribution >= 0.6 is 0 Å². The molecule has 2 heteroatoms. The summed E-state index contributed by atoms with van der Waals surface area (Å²) < 4.78 is 0. The summed E-state index contributed by atoms with van der Waals surface area (Å²) in [5.74, 6) is 0. The minimum Gasteiger partial charge on any atom is -0.330 e. The van der Waals surface area contributed by atoms with Crippen LogP contribution in [0.4, 0.5) is 0 Å². The molecule has 0 aliphatic carbocycles. The highest BCUT2D eigenvalue weighted by Gasteiger charge is 2.30. The van der Waals surface area contributed by atoms with Gasteiger partial charge in [-0.05, 0) is 44.3 Å². The highest BCUT2D eigenvalue weighted by molar-refractivity contribution is 4.85. The van der Waals surface area contributed by atoms with Gasteiger partial charge in [-0.2, -0.15) is 0 Å². The lowest BCUT2D eigenvalue weighted by molar-refractivity contribution is 0.0998. The number of nitrogens with zero attached hydrogens (tertiary/aromatic N) is 1. The highest BCUT2D eigenvalue weighted by Crippen LogP contribution is 2.31. The molecule has 1 fully saturated rings. The molecule has 0 aromatic carbocycles. The van der Waals surface area contributed by atoms with E-state index in [4.69, 9.17) is 5.73 Å². The molecule has 1 atom stereocenters. The first-order chi connectivity index (χ1) is 7.05. The molecule has 0 bridgehead atoms. The summed E-state index contributed by atoms with van der Waals surface area (Å²) in [6, 6.07) is 0.756. The molecule has 1 aliphatic heterocycles. The van der Waals surface area contributed by atoms with Crippen molar-refractivity contribution in [2.24, 2.45) is 11.1 Å². The van der Waals surface area contributed by atoms with Gasteiger partial charge in [0.05, 0.1) is 0 Å². The van der Waals surface area contributed by atoms with Crippen molar-refractivity contribution >= 4 is 0 Å². The summed E-state index contributed by atoms with van der Waals surface area (Å²) in [6.07, 6.45) is 6.70. The van der Waals surface area contributed by atoms with E-state index in [2.05, 4.69) is 25.7 Å². The van der Waals surface area contributed by atoms with Crippen LogP contribution in [-0.2, 0) is 0 Å². The van der Waals surface area contributed by atoms with Crippen LogP contribution in [0.1, 0.15) is 52.9 Å². The van der Waals surface area contributed by atoms with Crippen LogP contribution < -0.4 is 5.73 Å². The van der Waals surface area contributed by atoms with E-state index in [1.807, 2.05) is 0 Å². The van der Waals surface area contributed by atoms with Crippen molar-refractivity contribution in [3.8, 4) is 0 Å². The van der Waals surface area contributed by atoms with Crippen LogP contribution in [0.3, 0.4) is 0 Å². The molecule has 90 valence electrons. The van der Waals surface area contributed by atoms with Gasteiger partial charge in [0, 0.05) is 6.04 Å². The fourth-order valence-electron chi connectivity index (χ4n) is 2.71. The molecule has 1 saturated heterocycles. The van der Waals surface area contributed by atoms with Gasteiger partial charge in [-0.1, -0.05) is 33.6 Å². The minimum absolute atomic E-state index is 0.416. The Hall–Kier alpha value is -0.0800. The lowest BCUT2D eigenvalue weighted by Gasteiger charge is -2.39. The van der Waals surface area contributed by atoms with Crippen LogP contribution in [0.2, 0.25) is 0 Å². The zero-order chi connectivity index (χ0) is 11.3. The number of hydrogen-bond acceptors (Lipinski definition) is 2. The molecule has 1 heterocycles. The Labute approximate surface area is 95.2 Å². The Balaban J connectivity index is 2.59.